The van der Waals surface area contributed by atoms with Crippen molar-refractivity contribution in [2.45, 2.75) is 44.6 Å². The van der Waals surface area contributed by atoms with Crippen LogP contribution in [0.2, 0.25) is 0 Å². The van der Waals surface area contributed by atoms with Gasteiger partial charge in [0.05, 0.1) is 41.9 Å². The standard InChI is InChI=1S/C31H28F2N4O4/c32-25-11-19(14-34)4-5-28(25)41-18-20-2-1-3-21(10-20)22-6-8-36(15-22)17-29-35-30-26(33)12-23(31(38)39)13-27(30)37(29)16-24-7-9-40-24/h1-5,10-13,22,24H,6-9,15-18H2,(H,38,39)/t22-,24+/m1/s1. The van der Waals surface area contributed by atoms with E-state index in [2.05, 4.69) is 22.0 Å². The fraction of sp³-hybridized carbons (Fsp3) is 0.323. The number of nitriles is 1. The molecular formula is C31H28F2N4O4. The van der Waals surface area contributed by atoms with Gasteiger partial charge in [-0.05, 0) is 66.8 Å². The Morgan fingerprint density at radius 2 is 2.00 bits per heavy atom. The van der Waals surface area contributed by atoms with Gasteiger partial charge in [-0.25, -0.2) is 18.6 Å². The van der Waals surface area contributed by atoms with Crippen molar-refractivity contribution in [3.8, 4) is 11.8 Å². The first-order chi connectivity index (χ1) is 19.9. The molecule has 0 spiro atoms. The number of aromatic carboxylic acids is 1. The lowest BCUT2D eigenvalue weighted by Crippen LogP contribution is -2.32. The lowest BCUT2D eigenvalue weighted by Gasteiger charge is -2.28. The number of hydrogen-bond donors (Lipinski definition) is 1. The predicted octanol–water partition coefficient (Wildman–Crippen LogP) is 5.24. The Morgan fingerprint density at radius 1 is 1.15 bits per heavy atom. The van der Waals surface area contributed by atoms with Crippen LogP contribution in [0.3, 0.4) is 0 Å². The topological polar surface area (TPSA) is 101 Å². The predicted molar refractivity (Wildman–Crippen MR) is 146 cm³/mol. The van der Waals surface area contributed by atoms with Crippen molar-refractivity contribution >= 4 is 17.0 Å². The minimum absolute atomic E-state index is 0.00302. The first kappa shape index (κ1) is 26.9. The second-order valence-electron chi connectivity index (χ2n) is 10.6. The summed E-state index contributed by atoms with van der Waals surface area (Å²) in [5, 5.41) is 18.4. The Balaban J connectivity index is 1.16. The zero-order valence-electron chi connectivity index (χ0n) is 22.2. The maximum atomic E-state index is 14.9. The number of fused-ring (bicyclic) bond motifs is 1. The Hall–Kier alpha value is -4.33. The van der Waals surface area contributed by atoms with Gasteiger partial charge in [-0.2, -0.15) is 5.26 Å². The summed E-state index contributed by atoms with van der Waals surface area (Å²) in [5.41, 5.74) is 2.84. The number of nitrogens with zero attached hydrogens (tertiary/aromatic N) is 4. The Kier molecular flexibility index (Phi) is 7.39. The quantitative estimate of drug-likeness (QED) is 0.300. The van der Waals surface area contributed by atoms with Gasteiger partial charge in [0.1, 0.15) is 17.9 Å². The van der Waals surface area contributed by atoms with Crippen molar-refractivity contribution in [3.05, 3.63) is 94.3 Å². The molecule has 8 nitrogen and oxygen atoms in total. The van der Waals surface area contributed by atoms with Crippen LogP contribution in [-0.4, -0.2) is 51.3 Å². The van der Waals surface area contributed by atoms with Gasteiger partial charge >= 0.3 is 5.97 Å². The van der Waals surface area contributed by atoms with Crippen molar-refractivity contribution in [1.82, 2.24) is 14.5 Å². The normalized spacial score (nSPS) is 18.8. The zero-order valence-corrected chi connectivity index (χ0v) is 22.2. The lowest BCUT2D eigenvalue weighted by molar-refractivity contribution is -0.0591. The summed E-state index contributed by atoms with van der Waals surface area (Å²) in [7, 11) is 0. The minimum atomic E-state index is -1.18. The third-order valence-corrected chi connectivity index (χ3v) is 7.83. The number of ether oxygens (including phenoxy) is 2. The van der Waals surface area contributed by atoms with Crippen LogP contribution in [0.25, 0.3) is 11.0 Å². The van der Waals surface area contributed by atoms with Gasteiger partial charge in [-0.3, -0.25) is 4.90 Å². The van der Waals surface area contributed by atoms with E-state index in [1.807, 2.05) is 22.8 Å². The number of rotatable bonds is 9. The first-order valence-corrected chi connectivity index (χ1v) is 13.5. The second kappa shape index (κ2) is 11.3. The van der Waals surface area contributed by atoms with Gasteiger partial charge in [0.15, 0.2) is 17.4 Å². The highest BCUT2D eigenvalue weighted by Crippen LogP contribution is 2.31. The maximum absolute atomic E-state index is 14.9. The number of carboxylic acids is 1. The SMILES string of the molecule is N#Cc1ccc(OCc2cccc([C@@H]3CCN(Cc4nc5c(F)cc(C(=O)O)cc5n4C[C@@H]4CCO4)C3)c2)c(F)c1. The molecule has 10 heteroatoms. The molecule has 2 saturated heterocycles. The Morgan fingerprint density at radius 3 is 2.73 bits per heavy atom. The monoisotopic (exact) mass is 558 g/mol. The fourth-order valence-electron chi connectivity index (χ4n) is 5.54. The summed E-state index contributed by atoms with van der Waals surface area (Å²) in [6.07, 6.45) is 1.82. The molecule has 2 fully saturated rings. The van der Waals surface area contributed by atoms with Crippen molar-refractivity contribution < 1.29 is 28.2 Å². The number of hydrogen-bond acceptors (Lipinski definition) is 6. The number of carboxylic acid groups (broad SMARTS) is 1. The van der Waals surface area contributed by atoms with Crippen LogP contribution in [0.4, 0.5) is 8.78 Å². The molecule has 41 heavy (non-hydrogen) atoms. The molecule has 210 valence electrons. The van der Waals surface area contributed by atoms with Gasteiger partial charge < -0.3 is 19.1 Å². The van der Waals surface area contributed by atoms with E-state index in [1.165, 1.54) is 18.2 Å². The number of aromatic nitrogens is 2. The molecule has 0 saturated carbocycles. The molecule has 0 unspecified atom stereocenters. The van der Waals surface area contributed by atoms with Crippen molar-refractivity contribution in [2.24, 2.45) is 0 Å². The molecule has 2 aliphatic heterocycles. The lowest BCUT2D eigenvalue weighted by atomic mass is 9.97. The number of likely N-dealkylation sites (tertiary alicyclic amines) is 1. The van der Waals surface area contributed by atoms with Gasteiger partial charge in [0, 0.05) is 13.2 Å². The number of imidazole rings is 1. The molecular weight excluding hydrogens is 530 g/mol. The van der Waals surface area contributed by atoms with Crippen LogP contribution in [-0.2, 0) is 24.4 Å². The molecule has 1 N–H and O–H groups in total. The van der Waals surface area contributed by atoms with Crippen LogP contribution in [0.1, 0.15) is 51.6 Å². The van der Waals surface area contributed by atoms with Crippen LogP contribution >= 0.6 is 0 Å². The molecule has 1 aromatic heterocycles. The third-order valence-electron chi connectivity index (χ3n) is 7.83. The van der Waals surface area contributed by atoms with Gasteiger partial charge in [-0.1, -0.05) is 24.3 Å². The molecule has 0 bridgehead atoms. The largest absolute Gasteiger partial charge is 0.486 e. The molecule has 0 amide bonds. The maximum Gasteiger partial charge on any atom is 0.335 e. The number of benzene rings is 3. The van der Waals surface area contributed by atoms with Gasteiger partial charge in [0.25, 0.3) is 0 Å². The average Bonchev–Trinajstić information content (AvgIpc) is 3.55. The van der Waals surface area contributed by atoms with Crippen LogP contribution in [0.15, 0.2) is 54.6 Å². The zero-order chi connectivity index (χ0) is 28.5. The smallest absolute Gasteiger partial charge is 0.335 e. The minimum Gasteiger partial charge on any atom is -0.486 e. The Labute approximate surface area is 235 Å². The third kappa shape index (κ3) is 5.64. The summed E-state index contributed by atoms with van der Waals surface area (Å²) in [6.45, 7) is 3.48. The van der Waals surface area contributed by atoms with Crippen LogP contribution in [0.5, 0.6) is 5.75 Å². The summed E-state index contributed by atoms with van der Waals surface area (Å²) >= 11 is 0. The highest BCUT2D eigenvalue weighted by Gasteiger charge is 2.28. The van der Waals surface area contributed by atoms with E-state index >= 15 is 0 Å². The molecule has 6 rings (SSSR count). The van der Waals surface area contributed by atoms with Gasteiger partial charge in [-0.15, -0.1) is 0 Å². The molecule has 3 heterocycles. The van der Waals surface area contributed by atoms with Crippen molar-refractivity contribution in [2.75, 3.05) is 19.7 Å². The van der Waals surface area contributed by atoms with Gasteiger partial charge in [0.2, 0.25) is 0 Å². The highest BCUT2D eigenvalue weighted by atomic mass is 19.1. The summed E-state index contributed by atoms with van der Waals surface area (Å²) in [6, 6.07) is 16.6. The molecule has 0 aliphatic carbocycles. The van der Waals surface area contributed by atoms with Crippen molar-refractivity contribution in [1.29, 1.82) is 5.26 Å². The average molecular weight is 559 g/mol. The van der Waals surface area contributed by atoms with E-state index in [0.29, 0.717) is 31.0 Å². The fourth-order valence-corrected chi connectivity index (χ4v) is 5.54. The van der Waals surface area contributed by atoms with E-state index < -0.39 is 17.6 Å². The van der Waals surface area contributed by atoms with E-state index in [1.54, 1.807) is 0 Å². The molecule has 0 radical (unpaired) electrons. The number of carbonyl (C=O) groups is 1. The van der Waals surface area contributed by atoms with E-state index in [-0.39, 0.29) is 41.0 Å². The summed E-state index contributed by atoms with van der Waals surface area (Å²) in [5.74, 6) is -1.34. The molecule has 2 aliphatic rings. The molecule has 2 atom stereocenters. The molecule has 3 aromatic carbocycles. The van der Waals surface area contributed by atoms with E-state index in [9.17, 15) is 18.7 Å². The summed E-state index contributed by atoms with van der Waals surface area (Å²) in [4.78, 5) is 18.4. The highest BCUT2D eigenvalue weighted by molar-refractivity contribution is 5.92. The second-order valence-corrected chi connectivity index (χ2v) is 10.6. The first-order valence-electron chi connectivity index (χ1n) is 13.5. The molecule has 4 aromatic rings. The Bertz CT molecular complexity index is 1660. The van der Waals surface area contributed by atoms with E-state index in [4.69, 9.17) is 14.7 Å². The number of halogens is 2. The van der Waals surface area contributed by atoms with Crippen LogP contribution < -0.4 is 4.74 Å². The van der Waals surface area contributed by atoms with E-state index in [0.717, 1.165) is 49.2 Å². The summed E-state index contributed by atoms with van der Waals surface area (Å²) < 4.78 is 42.3. The van der Waals surface area contributed by atoms with Crippen LogP contribution in [0, 0.1) is 23.0 Å². The van der Waals surface area contributed by atoms with Crippen molar-refractivity contribution in [3.63, 3.8) is 0 Å².